The van der Waals surface area contributed by atoms with Crippen molar-refractivity contribution in [2.75, 3.05) is 6.61 Å². The van der Waals surface area contributed by atoms with Crippen molar-refractivity contribution in [2.45, 2.75) is 20.8 Å². The number of halogens is 2. The number of para-hydroxylation sites is 1. The third kappa shape index (κ3) is 5.00. The molecule has 150 valence electrons. The van der Waals surface area contributed by atoms with E-state index in [0.29, 0.717) is 15.8 Å². The number of benzene rings is 2. The maximum atomic E-state index is 12.0. The summed E-state index contributed by atoms with van der Waals surface area (Å²) in [5.74, 6) is 0.338. The van der Waals surface area contributed by atoms with Crippen molar-refractivity contribution in [3.8, 4) is 11.4 Å². The second-order valence-corrected chi connectivity index (χ2v) is 7.45. The van der Waals surface area contributed by atoms with Crippen LogP contribution < -0.4 is 10.2 Å². The zero-order chi connectivity index (χ0) is 21.0. The lowest BCUT2D eigenvalue weighted by Gasteiger charge is -2.12. The fourth-order valence-corrected chi connectivity index (χ4v) is 3.38. The third-order valence-electron chi connectivity index (χ3n) is 4.46. The summed E-state index contributed by atoms with van der Waals surface area (Å²) in [6.07, 6.45) is 1.60. The van der Waals surface area contributed by atoms with E-state index >= 15 is 0 Å². The molecule has 1 heterocycles. The van der Waals surface area contributed by atoms with Crippen molar-refractivity contribution in [3.05, 3.63) is 81.1 Å². The van der Waals surface area contributed by atoms with Gasteiger partial charge in [0.1, 0.15) is 5.75 Å². The number of aromatic nitrogens is 1. The molecule has 0 fully saturated rings. The van der Waals surface area contributed by atoms with Gasteiger partial charge in [0.2, 0.25) is 0 Å². The molecular formula is C22H21Cl2N3O2. The van der Waals surface area contributed by atoms with Gasteiger partial charge in [0.15, 0.2) is 6.61 Å². The van der Waals surface area contributed by atoms with Gasteiger partial charge in [-0.05, 0) is 56.7 Å². The van der Waals surface area contributed by atoms with E-state index in [9.17, 15) is 4.79 Å². The third-order valence-corrected chi connectivity index (χ3v) is 5.02. The lowest BCUT2D eigenvalue weighted by molar-refractivity contribution is -0.123. The Kier molecular flexibility index (Phi) is 6.62. The molecule has 0 radical (unpaired) electrons. The smallest absolute Gasteiger partial charge is 0.277 e. The monoisotopic (exact) mass is 429 g/mol. The molecule has 0 unspecified atom stereocenters. The number of aryl methyl sites for hydroxylation is 2. The molecule has 3 aromatic rings. The predicted molar refractivity (Wildman–Crippen MR) is 118 cm³/mol. The number of hydrogen-bond donors (Lipinski definition) is 1. The summed E-state index contributed by atoms with van der Waals surface area (Å²) in [4.78, 5) is 12.0. The van der Waals surface area contributed by atoms with Crippen LogP contribution in [0.2, 0.25) is 10.0 Å². The molecule has 0 aliphatic carbocycles. The first-order chi connectivity index (χ1) is 13.9. The number of nitrogens with zero attached hydrogens (tertiary/aromatic N) is 2. The summed E-state index contributed by atoms with van der Waals surface area (Å²) < 4.78 is 7.51. The molecule has 29 heavy (non-hydrogen) atoms. The molecule has 1 amide bonds. The Labute approximate surface area is 179 Å². The Balaban J connectivity index is 1.68. The SMILES string of the molecule is Cc1ccccc1OCC(=O)N/N=C/c1cc(C)n(-c2cc(Cl)ccc2Cl)c1C. The van der Waals surface area contributed by atoms with Crippen LogP contribution >= 0.6 is 23.2 Å². The number of carbonyl (C=O) groups is 1. The fourth-order valence-electron chi connectivity index (χ4n) is 3.01. The zero-order valence-electron chi connectivity index (χ0n) is 16.4. The fraction of sp³-hybridized carbons (Fsp3) is 0.182. The van der Waals surface area contributed by atoms with Crippen LogP contribution in [0.1, 0.15) is 22.5 Å². The lowest BCUT2D eigenvalue weighted by Crippen LogP contribution is -2.24. The van der Waals surface area contributed by atoms with Crippen molar-refractivity contribution in [1.29, 1.82) is 0 Å². The Morgan fingerprint density at radius 2 is 1.90 bits per heavy atom. The second kappa shape index (κ2) is 9.16. The van der Waals surface area contributed by atoms with Crippen molar-refractivity contribution in [2.24, 2.45) is 5.10 Å². The number of hydrazone groups is 1. The topological polar surface area (TPSA) is 55.6 Å². The molecule has 0 aliphatic heterocycles. The summed E-state index contributed by atoms with van der Waals surface area (Å²) in [6.45, 7) is 5.73. The number of ether oxygens (including phenoxy) is 1. The van der Waals surface area contributed by atoms with Crippen LogP contribution in [-0.4, -0.2) is 23.3 Å². The molecule has 0 spiro atoms. The highest BCUT2D eigenvalue weighted by molar-refractivity contribution is 6.34. The molecule has 2 aromatic carbocycles. The summed E-state index contributed by atoms with van der Waals surface area (Å²) in [5, 5.41) is 5.25. The van der Waals surface area contributed by atoms with Gasteiger partial charge in [-0.25, -0.2) is 5.43 Å². The van der Waals surface area contributed by atoms with E-state index in [1.165, 1.54) is 0 Å². The second-order valence-electron chi connectivity index (χ2n) is 6.60. The summed E-state index contributed by atoms with van der Waals surface area (Å²) >= 11 is 12.5. The Morgan fingerprint density at radius 3 is 2.66 bits per heavy atom. The van der Waals surface area contributed by atoms with Gasteiger partial charge in [0, 0.05) is 22.0 Å². The van der Waals surface area contributed by atoms with Gasteiger partial charge in [0.25, 0.3) is 5.91 Å². The Hall–Kier alpha value is -2.76. The largest absolute Gasteiger partial charge is 0.483 e. The van der Waals surface area contributed by atoms with Crippen LogP contribution in [0.4, 0.5) is 0 Å². The van der Waals surface area contributed by atoms with Crippen molar-refractivity contribution in [1.82, 2.24) is 9.99 Å². The van der Waals surface area contributed by atoms with Gasteiger partial charge >= 0.3 is 0 Å². The minimum Gasteiger partial charge on any atom is -0.483 e. The number of hydrogen-bond acceptors (Lipinski definition) is 3. The highest BCUT2D eigenvalue weighted by Crippen LogP contribution is 2.28. The maximum Gasteiger partial charge on any atom is 0.277 e. The highest BCUT2D eigenvalue weighted by atomic mass is 35.5. The molecule has 3 rings (SSSR count). The van der Waals surface area contributed by atoms with Crippen LogP contribution in [-0.2, 0) is 4.79 Å². The average molecular weight is 430 g/mol. The van der Waals surface area contributed by atoms with Gasteiger partial charge in [-0.2, -0.15) is 5.10 Å². The first-order valence-corrected chi connectivity index (χ1v) is 9.77. The van der Waals surface area contributed by atoms with Crippen LogP contribution in [0.3, 0.4) is 0 Å². The number of rotatable bonds is 6. The minimum absolute atomic E-state index is 0.112. The molecule has 0 bridgehead atoms. The normalized spacial score (nSPS) is 11.1. The van der Waals surface area contributed by atoms with Crippen LogP contribution in [0.25, 0.3) is 5.69 Å². The lowest BCUT2D eigenvalue weighted by atomic mass is 10.2. The molecule has 1 N–H and O–H groups in total. The van der Waals surface area contributed by atoms with Crippen molar-refractivity contribution in [3.63, 3.8) is 0 Å². The van der Waals surface area contributed by atoms with Gasteiger partial charge < -0.3 is 9.30 Å². The standard InChI is InChI=1S/C22H21Cl2N3O2/c1-14-6-4-5-7-21(14)29-13-22(28)26-25-12-17-10-15(2)27(16(17)3)20-11-18(23)8-9-19(20)24/h4-12H,13H2,1-3H3,(H,26,28)/b25-12+. The summed E-state index contributed by atoms with van der Waals surface area (Å²) in [7, 11) is 0. The summed E-state index contributed by atoms with van der Waals surface area (Å²) in [6, 6.07) is 14.8. The molecule has 0 saturated heterocycles. The molecular weight excluding hydrogens is 409 g/mol. The maximum absolute atomic E-state index is 12.0. The first-order valence-electron chi connectivity index (χ1n) is 9.01. The Bertz CT molecular complexity index is 1070. The van der Waals surface area contributed by atoms with E-state index in [-0.39, 0.29) is 12.5 Å². The summed E-state index contributed by atoms with van der Waals surface area (Å²) in [5.41, 5.74) is 7.02. The molecule has 0 atom stereocenters. The van der Waals surface area contributed by atoms with E-state index in [1.54, 1.807) is 18.3 Å². The van der Waals surface area contributed by atoms with Gasteiger partial charge in [-0.3, -0.25) is 4.79 Å². The van der Waals surface area contributed by atoms with Crippen molar-refractivity contribution < 1.29 is 9.53 Å². The molecule has 1 aromatic heterocycles. The van der Waals surface area contributed by atoms with E-state index in [4.69, 9.17) is 27.9 Å². The first kappa shape index (κ1) is 21.0. The molecule has 5 nitrogen and oxygen atoms in total. The molecule has 7 heteroatoms. The highest BCUT2D eigenvalue weighted by Gasteiger charge is 2.13. The molecule has 0 aliphatic rings. The zero-order valence-corrected chi connectivity index (χ0v) is 17.9. The number of amides is 1. The van der Waals surface area contributed by atoms with Crippen LogP contribution in [0, 0.1) is 20.8 Å². The van der Waals surface area contributed by atoms with Gasteiger partial charge in [0.05, 0.1) is 16.9 Å². The number of nitrogens with one attached hydrogen (secondary N) is 1. The van der Waals surface area contributed by atoms with Crippen LogP contribution in [0.15, 0.2) is 53.6 Å². The van der Waals surface area contributed by atoms with E-state index in [1.807, 2.05) is 61.7 Å². The predicted octanol–water partition coefficient (Wildman–Crippen LogP) is 5.24. The van der Waals surface area contributed by atoms with E-state index in [2.05, 4.69) is 10.5 Å². The van der Waals surface area contributed by atoms with E-state index < -0.39 is 0 Å². The molecule has 0 saturated carbocycles. The van der Waals surface area contributed by atoms with Crippen molar-refractivity contribution >= 4 is 35.3 Å². The van der Waals surface area contributed by atoms with Gasteiger partial charge in [-0.1, -0.05) is 41.4 Å². The average Bonchev–Trinajstić information content (AvgIpc) is 2.96. The van der Waals surface area contributed by atoms with Gasteiger partial charge in [-0.15, -0.1) is 0 Å². The van der Waals surface area contributed by atoms with Crippen LogP contribution in [0.5, 0.6) is 5.75 Å². The van der Waals surface area contributed by atoms with E-state index in [0.717, 1.165) is 28.2 Å². The number of carbonyl (C=O) groups excluding carboxylic acids is 1. The Morgan fingerprint density at radius 1 is 1.14 bits per heavy atom. The minimum atomic E-state index is -0.337. The quantitative estimate of drug-likeness (QED) is 0.430.